The molecular weight excluding hydrogens is 540 g/mol. The fourth-order valence-electron chi connectivity index (χ4n) is 5.80. The molecule has 1 aromatic carbocycles. The van der Waals surface area contributed by atoms with E-state index < -0.39 is 15.6 Å². The minimum atomic E-state index is -4.01. The number of carbonyl (C=O) groups excluding carboxylic acids is 1. The SMILES string of the molecule is Cc1ccc(S(=O)(=O)n2c(-c3ccc(C)nc3)cc3c(N4CC5CCC(C4)N5C(=O)OC(C)(C)C)ncnc32)cc1. The third-order valence-electron chi connectivity index (χ3n) is 7.69. The molecule has 2 fully saturated rings. The summed E-state index contributed by atoms with van der Waals surface area (Å²) in [5.74, 6) is 0.648. The Morgan fingerprint density at radius 3 is 2.24 bits per heavy atom. The van der Waals surface area contributed by atoms with Gasteiger partial charge in [-0.3, -0.25) is 9.88 Å². The van der Waals surface area contributed by atoms with Crippen LogP contribution in [-0.4, -0.2) is 69.1 Å². The lowest BCUT2D eigenvalue weighted by Gasteiger charge is -2.41. The third-order valence-corrected chi connectivity index (χ3v) is 9.40. The summed E-state index contributed by atoms with van der Waals surface area (Å²) < 4.78 is 35.3. The number of aryl methyl sites for hydroxylation is 2. The highest BCUT2D eigenvalue weighted by Crippen LogP contribution is 2.38. The van der Waals surface area contributed by atoms with Crippen LogP contribution in [0, 0.1) is 13.8 Å². The molecule has 2 aliphatic heterocycles. The molecule has 3 aromatic heterocycles. The maximum Gasteiger partial charge on any atom is 0.410 e. The Morgan fingerprint density at radius 1 is 0.951 bits per heavy atom. The van der Waals surface area contributed by atoms with Crippen molar-refractivity contribution < 1.29 is 17.9 Å². The van der Waals surface area contributed by atoms with Crippen molar-refractivity contribution in [2.75, 3.05) is 18.0 Å². The molecule has 41 heavy (non-hydrogen) atoms. The number of anilines is 1. The molecule has 2 bridgehead atoms. The van der Waals surface area contributed by atoms with Crippen LogP contribution < -0.4 is 4.90 Å². The molecule has 5 heterocycles. The van der Waals surface area contributed by atoms with E-state index in [0.29, 0.717) is 41.2 Å². The summed E-state index contributed by atoms with van der Waals surface area (Å²) in [6.07, 6.45) is 4.55. The molecule has 4 aromatic rings. The minimum absolute atomic E-state index is 0.0206. The van der Waals surface area contributed by atoms with E-state index in [1.807, 2.05) is 57.7 Å². The van der Waals surface area contributed by atoms with E-state index in [4.69, 9.17) is 4.74 Å². The van der Waals surface area contributed by atoms with Gasteiger partial charge in [0.1, 0.15) is 17.7 Å². The molecule has 1 amide bonds. The van der Waals surface area contributed by atoms with Crippen LogP contribution in [0.25, 0.3) is 22.3 Å². The standard InChI is InChI=1S/C30H34N6O4S/c1-19-6-12-24(13-7-19)41(38,39)36-26(21-9-8-20(2)31-15-21)14-25-27(32-18-33-28(25)36)34-16-22-10-11-23(17-34)35(22)29(37)40-30(3,4)5/h6-9,12-15,18,22-23H,10-11,16-17H2,1-5H3. The predicted molar refractivity (Wildman–Crippen MR) is 156 cm³/mol. The van der Waals surface area contributed by atoms with Crippen LogP contribution in [0.2, 0.25) is 0 Å². The van der Waals surface area contributed by atoms with Gasteiger partial charge in [0.25, 0.3) is 10.0 Å². The molecular formula is C30H34N6O4S. The average molecular weight is 575 g/mol. The molecule has 10 nitrogen and oxygen atoms in total. The molecule has 6 rings (SSSR count). The second-order valence-electron chi connectivity index (χ2n) is 11.9. The molecule has 0 radical (unpaired) electrons. The van der Waals surface area contributed by atoms with Crippen LogP contribution >= 0.6 is 0 Å². The van der Waals surface area contributed by atoms with Crippen LogP contribution in [0.15, 0.2) is 59.9 Å². The monoisotopic (exact) mass is 574 g/mol. The number of piperazine rings is 1. The number of nitrogens with zero attached hydrogens (tertiary/aromatic N) is 6. The lowest BCUT2D eigenvalue weighted by Crippen LogP contribution is -2.57. The lowest BCUT2D eigenvalue weighted by molar-refractivity contribution is 0.0123. The maximum absolute atomic E-state index is 14.1. The van der Waals surface area contributed by atoms with Gasteiger partial charge in [-0.2, -0.15) is 0 Å². The highest BCUT2D eigenvalue weighted by Gasteiger charge is 2.45. The average Bonchev–Trinajstić information content (AvgIpc) is 3.43. The number of hydrogen-bond donors (Lipinski definition) is 0. The molecule has 2 unspecified atom stereocenters. The number of hydrogen-bond acceptors (Lipinski definition) is 8. The topological polar surface area (TPSA) is 111 Å². The fourth-order valence-corrected chi connectivity index (χ4v) is 7.28. The van der Waals surface area contributed by atoms with Gasteiger partial charge in [0.2, 0.25) is 0 Å². The van der Waals surface area contributed by atoms with Crippen LogP contribution in [0.1, 0.15) is 44.9 Å². The Bertz CT molecular complexity index is 1710. The predicted octanol–water partition coefficient (Wildman–Crippen LogP) is 4.94. The number of carbonyl (C=O) groups is 1. The lowest BCUT2D eigenvalue weighted by atomic mass is 10.1. The molecule has 0 aliphatic carbocycles. The van der Waals surface area contributed by atoms with Gasteiger partial charge in [0.05, 0.1) is 28.1 Å². The highest BCUT2D eigenvalue weighted by molar-refractivity contribution is 7.90. The van der Waals surface area contributed by atoms with E-state index >= 15 is 0 Å². The summed E-state index contributed by atoms with van der Waals surface area (Å²) in [6.45, 7) is 10.6. The number of benzene rings is 1. The summed E-state index contributed by atoms with van der Waals surface area (Å²) in [5.41, 5.74) is 2.65. The van der Waals surface area contributed by atoms with Gasteiger partial charge < -0.3 is 9.64 Å². The smallest absolute Gasteiger partial charge is 0.410 e. The first kappa shape index (κ1) is 27.2. The van der Waals surface area contributed by atoms with Crippen molar-refractivity contribution in [3.63, 3.8) is 0 Å². The first-order chi connectivity index (χ1) is 19.4. The van der Waals surface area contributed by atoms with Gasteiger partial charge in [-0.25, -0.2) is 27.2 Å². The van der Waals surface area contributed by atoms with Gasteiger partial charge in [-0.1, -0.05) is 17.7 Å². The number of pyridine rings is 1. The van der Waals surface area contributed by atoms with Crippen molar-refractivity contribution in [3.8, 4) is 11.3 Å². The molecule has 0 saturated carbocycles. The second-order valence-corrected chi connectivity index (χ2v) is 13.7. The number of amides is 1. The Morgan fingerprint density at radius 2 is 1.63 bits per heavy atom. The van der Waals surface area contributed by atoms with Crippen LogP contribution in [-0.2, 0) is 14.8 Å². The van der Waals surface area contributed by atoms with Crippen LogP contribution in [0.3, 0.4) is 0 Å². The maximum atomic E-state index is 14.1. The summed E-state index contributed by atoms with van der Waals surface area (Å²) in [5, 5.41) is 0.629. The number of rotatable bonds is 4. The summed E-state index contributed by atoms with van der Waals surface area (Å²) in [4.78, 5) is 30.7. The van der Waals surface area contributed by atoms with Crippen molar-refractivity contribution >= 4 is 33.0 Å². The van der Waals surface area contributed by atoms with Crippen LogP contribution in [0.5, 0.6) is 0 Å². The summed E-state index contributed by atoms with van der Waals surface area (Å²) >= 11 is 0. The summed E-state index contributed by atoms with van der Waals surface area (Å²) in [7, 11) is -4.01. The molecule has 11 heteroatoms. The van der Waals surface area contributed by atoms with Crippen molar-refractivity contribution in [3.05, 3.63) is 66.2 Å². The molecule has 214 valence electrons. The van der Waals surface area contributed by atoms with Crippen molar-refractivity contribution in [1.82, 2.24) is 23.8 Å². The zero-order valence-electron chi connectivity index (χ0n) is 23.9. The van der Waals surface area contributed by atoms with Gasteiger partial charge in [-0.05, 0) is 77.8 Å². The zero-order valence-corrected chi connectivity index (χ0v) is 24.7. The first-order valence-corrected chi connectivity index (χ1v) is 15.2. The van der Waals surface area contributed by atoms with Crippen molar-refractivity contribution in [1.29, 1.82) is 0 Å². The first-order valence-electron chi connectivity index (χ1n) is 13.8. The van der Waals surface area contributed by atoms with E-state index in [-0.39, 0.29) is 23.1 Å². The molecule has 0 N–H and O–H groups in total. The van der Waals surface area contributed by atoms with Gasteiger partial charge in [0.15, 0.2) is 5.65 Å². The Hall–Kier alpha value is -3.99. The molecule has 2 saturated heterocycles. The van der Waals surface area contributed by atoms with Crippen LogP contribution in [0.4, 0.5) is 10.6 Å². The van der Waals surface area contributed by atoms with Gasteiger partial charge >= 0.3 is 6.09 Å². The zero-order chi connectivity index (χ0) is 29.1. The van der Waals surface area contributed by atoms with E-state index in [1.54, 1.807) is 30.5 Å². The van der Waals surface area contributed by atoms with Gasteiger partial charge in [-0.15, -0.1) is 0 Å². The van der Waals surface area contributed by atoms with Crippen molar-refractivity contribution in [2.45, 2.75) is 70.0 Å². The number of fused-ring (bicyclic) bond motifs is 3. The molecule has 0 spiro atoms. The van der Waals surface area contributed by atoms with E-state index in [2.05, 4.69) is 19.9 Å². The van der Waals surface area contributed by atoms with E-state index in [1.165, 1.54) is 10.3 Å². The van der Waals surface area contributed by atoms with Crippen molar-refractivity contribution in [2.24, 2.45) is 0 Å². The normalized spacial score (nSPS) is 19.1. The van der Waals surface area contributed by atoms with Gasteiger partial charge in [0, 0.05) is 30.5 Å². The number of aromatic nitrogens is 4. The second kappa shape index (κ2) is 9.83. The van der Waals surface area contributed by atoms with E-state index in [0.717, 1.165) is 24.1 Å². The highest BCUT2D eigenvalue weighted by atomic mass is 32.2. The fraction of sp³-hybridized carbons (Fsp3) is 0.400. The Labute approximate surface area is 240 Å². The summed E-state index contributed by atoms with van der Waals surface area (Å²) in [6, 6.07) is 12.3. The number of ether oxygens (including phenoxy) is 1. The Balaban J connectivity index is 1.45. The largest absolute Gasteiger partial charge is 0.444 e. The molecule has 2 aliphatic rings. The Kier molecular flexibility index (Phi) is 6.52. The quantitative estimate of drug-likeness (QED) is 0.337. The minimum Gasteiger partial charge on any atom is -0.444 e. The van der Waals surface area contributed by atoms with E-state index in [9.17, 15) is 13.2 Å². The third kappa shape index (κ3) is 4.92. The molecule has 2 atom stereocenters.